The van der Waals surface area contributed by atoms with Crippen LogP contribution in [0.25, 0.3) is 11.5 Å². The summed E-state index contributed by atoms with van der Waals surface area (Å²) in [6, 6.07) is 12.4. The van der Waals surface area contributed by atoms with E-state index in [1.165, 1.54) is 17.7 Å². The van der Waals surface area contributed by atoms with Crippen molar-refractivity contribution in [3.05, 3.63) is 56.5 Å². The van der Waals surface area contributed by atoms with Crippen molar-refractivity contribution in [2.24, 2.45) is 0 Å². The fourth-order valence-corrected chi connectivity index (χ4v) is 3.77. The molecule has 4 nitrogen and oxygen atoms in total. The summed E-state index contributed by atoms with van der Waals surface area (Å²) in [5.74, 6) is 0.470. The van der Waals surface area contributed by atoms with Crippen LogP contribution in [0.5, 0.6) is 0 Å². The first-order valence-corrected chi connectivity index (χ1v) is 9.46. The highest BCUT2D eigenvalue weighted by atomic mass is 35.5. The van der Waals surface area contributed by atoms with Crippen molar-refractivity contribution in [1.82, 2.24) is 14.7 Å². The van der Waals surface area contributed by atoms with Gasteiger partial charge in [-0.2, -0.15) is 0 Å². The van der Waals surface area contributed by atoms with Crippen molar-refractivity contribution in [2.45, 2.75) is 32.1 Å². The third-order valence-electron chi connectivity index (χ3n) is 4.03. The van der Waals surface area contributed by atoms with Crippen LogP contribution >= 0.6 is 35.2 Å². The van der Waals surface area contributed by atoms with Crippen LogP contribution in [0.2, 0.25) is 5.02 Å². The lowest BCUT2D eigenvalue weighted by Crippen LogP contribution is -2.28. The van der Waals surface area contributed by atoms with Gasteiger partial charge >= 0.3 is 0 Å². The maximum absolute atomic E-state index is 6.23. The average Bonchev–Trinajstić information content (AvgIpc) is 3.18. The van der Waals surface area contributed by atoms with Crippen LogP contribution < -0.4 is 0 Å². The molecule has 0 atom stereocenters. The molecule has 3 aromatic rings. The fraction of sp³-hybridized carbons (Fsp3) is 0.294. The molecule has 1 fully saturated rings. The topological polar surface area (TPSA) is 34.2 Å². The molecule has 1 saturated carbocycles. The Bertz CT molecular complexity index is 883. The molecule has 0 saturated heterocycles. The summed E-state index contributed by atoms with van der Waals surface area (Å²) in [5, 5.41) is 7.26. The molecule has 0 spiro atoms. The van der Waals surface area contributed by atoms with E-state index >= 15 is 0 Å². The summed E-state index contributed by atoms with van der Waals surface area (Å²) in [4.78, 5) is 4.13. The Hall–Kier alpha value is -1.47. The lowest BCUT2D eigenvalue weighted by molar-refractivity contribution is 0.186. The molecule has 2 aromatic heterocycles. The van der Waals surface area contributed by atoms with E-state index in [4.69, 9.17) is 28.2 Å². The third kappa shape index (κ3) is 3.47. The van der Waals surface area contributed by atoms with E-state index in [0.29, 0.717) is 28.5 Å². The summed E-state index contributed by atoms with van der Waals surface area (Å²) in [6.07, 6.45) is 2.46. The zero-order valence-corrected chi connectivity index (χ0v) is 15.3. The second-order valence-corrected chi connectivity index (χ2v) is 7.64. The first-order valence-electron chi connectivity index (χ1n) is 7.80. The molecule has 0 bridgehead atoms. The number of aromatic nitrogens is 2. The molecule has 0 unspecified atom stereocenters. The van der Waals surface area contributed by atoms with E-state index in [1.807, 2.05) is 24.3 Å². The van der Waals surface area contributed by atoms with Crippen LogP contribution in [0.3, 0.4) is 0 Å². The highest BCUT2D eigenvalue weighted by Crippen LogP contribution is 2.30. The molecule has 0 N–H and O–H groups in total. The van der Waals surface area contributed by atoms with Gasteiger partial charge in [0, 0.05) is 17.5 Å². The van der Waals surface area contributed by atoms with Gasteiger partial charge in [-0.15, -0.1) is 16.4 Å². The molecule has 4 rings (SSSR count). The van der Waals surface area contributed by atoms with Gasteiger partial charge < -0.3 is 4.42 Å². The second-order valence-electron chi connectivity index (χ2n) is 5.85. The SMILES string of the molecule is S=c1oc(-c2ccccc2Cl)nn1CN(Cc1cccs1)C1CC1. The largest absolute Gasteiger partial charge is 0.409 e. The lowest BCUT2D eigenvalue weighted by Gasteiger charge is -2.20. The molecule has 2 heterocycles. The maximum atomic E-state index is 6.23. The van der Waals surface area contributed by atoms with Gasteiger partial charge in [-0.25, -0.2) is 4.68 Å². The van der Waals surface area contributed by atoms with Crippen molar-refractivity contribution < 1.29 is 4.42 Å². The summed E-state index contributed by atoms with van der Waals surface area (Å²) in [5.41, 5.74) is 0.764. The standard InChI is InChI=1S/C17H16ClN3OS2/c18-15-6-2-1-5-14(15)16-19-21(17(23)22-16)11-20(12-7-8-12)10-13-4-3-9-24-13/h1-6,9,12H,7-8,10-11H2. The summed E-state index contributed by atoms with van der Waals surface area (Å²) < 4.78 is 7.43. The van der Waals surface area contributed by atoms with E-state index in [9.17, 15) is 0 Å². The van der Waals surface area contributed by atoms with Crippen molar-refractivity contribution in [3.8, 4) is 11.5 Å². The van der Waals surface area contributed by atoms with Crippen LogP contribution in [0, 0.1) is 4.84 Å². The van der Waals surface area contributed by atoms with Crippen molar-refractivity contribution in [2.75, 3.05) is 0 Å². The van der Waals surface area contributed by atoms with Gasteiger partial charge in [0.2, 0.25) is 5.89 Å². The minimum absolute atomic E-state index is 0.377. The highest BCUT2D eigenvalue weighted by Gasteiger charge is 2.30. The molecule has 7 heteroatoms. The van der Waals surface area contributed by atoms with Crippen LogP contribution in [-0.4, -0.2) is 20.7 Å². The molecule has 0 aliphatic heterocycles. The van der Waals surface area contributed by atoms with Gasteiger partial charge in [-0.05, 0) is 48.6 Å². The quantitative estimate of drug-likeness (QED) is 0.552. The van der Waals surface area contributed by atoms with Gasteiger partial charge in [-0.3, -0.25) is 4.90 Å². The Morgan fingerprint density at radius 1 is 1.29 bits per heavy atom. The minimum atomic E-state index is 0.377. The molecule has 124 valence electrons. The molecule has 0 amide bonds. The van der Waals surface area contributed by atoms with Gasteiger partial charge in [0.15, 0.2) is 0 Å². The Balaban J connectivity index is 1.57. The number of halogens is 1. The third-order valence-corrected chi connectivity index (χ3v) is 5.51. The number of hydrogen-bond donors (Lipinski definition) is 0. The lowest BCUT2D eigenvalue weighted by atomic mass is 10.2. The number of rotatable bonds is 6. The Morgan fingerprint density at radius 3 is 2.83 bits per heavy atom. The van der Waals surface area contributed by atoms with Gasteiger partial charge in [-0.1, -0.05) is 29.8 Å². The van der Waals surface area contributed by atoms with E-state index in [-0.39, 0.29) is 0 Å². The van der Waals surface area contributed by atoms with Gasteiger partial charge in [0.05, 0.1) is 17.3 Å². The van der Waals surface area contributed by atoms with Gasteiger partial charge in [0.1, 0.15) is 0 Å². The monoisotopic (exact) mass is 377 g/mol. The van der Waals surface area contributed by atoms with Crippen molar-refractivity contribution >= 4 is 35.2 Å². The van der Waals surface area contributed by atoms with Crippen LogP contribution in [0.15, 0.2) is 46.2 Å². The average molecular weight is 378 g/mol. The number of benzene rings is 1. The minimum Gasteiger partial charge on any atom is -0.409 e. The zero-order valence-electron chi connectivity index (χ0n) is 12.9. The smallest absolute Gasteiger partial charge is 0.288 e. The fourth-order valence-electron chi connectivity index (χ4n) is 2.65. The predicted octanol–water partition coefficient (Wildman–Crippen LogP) is 5.21. The Morgan fingerprint density at radius 2 is 2.12 bits per heavy atom. The predicted molar refractivity (Wildman–Crippen MR) is 98.7 cm³/mol. The second kappa shape index (κ2) is 6.80. The van der Waals surface area contributed by atoms with E-state index in [1.54, 1.807) is 16.0 Å². The highest BCUT2D eigenvalue weighted by molar-refractivity contribution is 7.71. The normalized spacial score (nSPS) is 14.4. The van der Waals surface area contributed by atoms with E-state index < -0.39 is 0 Å². The van der Waals surface area contributed by atoms with Crippen molar-refractivity contribution in [3.63, 3.8) is 0 Å². The number of nitrogens with zero attached hydrogens (tertiary/aromatic N) is 3. The summed E-state index contributed by atoms with van der Waals surface area (Å²) >= 11 is 13.4. The van der Waals surface area contributed by atoms with Gasteiger partial charge in [0.25, 0.3) is 4.84 Å². The Kier molecular flexibility index (Phi) is 4.54. The van der Waals surface area contributed by atoms with Crippen LogP contribution in [-0.2, 0) is 13.2 Å². The van der Waals surface area contributed by atoms with Crippen LogP contribution in [0.1, 0.15) is 17.7 Å². The molecule has 0 radical (unpaired) electrons. The summed E-state index contributed by atoms with van der Waals surface area (Å²) in [7, 11) is 0. The first-order chi connectivity index (χ1) is 11.7. The van der Waals surface area contributed by atoms with E-state index in [2.05, 4.69) is 27.5 Å². The number of hydrogen-bond acceptors (Lipinski definition) is 5. The van der Waals surface area contributed by atoms with E-state index in [0.717, 1.165) is 12.1 Å². The molecule has 1 aliphatic rings. The van der Waals surface area contributed by atoms with Crippen molar-refractivity contribution in [1.29, 1.82) is 0 Å². The Labute approximate surface area is 154 Å². The first kappa shape index (κ1) is 16.0. The van der Waals surface area contributed by atoms with Crippen LogP contribution in [0.4, 0.5) is 0 Å². The molecule has 1 aromatic carbocycles. The maximum Gasteiger partial charge on any atom is 0.288 e. The molecule has 1 aliphatic carbocycles. The molecular formula is C17H16ClN3OS2. The molecular weight excluding hydrogens is 362 g/mol. The number of thiophene rings is 1. The summed E-state index contributed by atoms with van der Waals surface area (Å²) in [6.45, 7) is 1.55. The zero-order chi connectivity index (χ0) is 16.5. The molecule has 24 heavy (non-hydrogen) atoms.